The summed E-state index contributed by atoms with van der Waals surface area (Å²) in [6.45, 7) is 5.07. The molecule has 2 aromatic rings. The average molecular weight is 340 g/mol. The molecule has 6 nitrogen and oxygen atoms in total. The maximum absolute atomic E-state index is 12.4. The van der Waals surface area contributed by atoms with Gasteiger partial charge in [-0.2, -0.15) is 0 Å². The van der Waals surface area contributed by atoms with Crippen molar-refractivity contribution in [2.24, 2.45) is 0 Å². The Morgan fingerprint density at radius 2 is 1.60 bits per heavy atom. The summed E-state index contributed by atoms with van der Waals surface area (Å²) in [5.74, 6) is -0.415. The van der Waals surface area contributed by atoms with E-state index in [4.69, 9.17) is 0 Å². The van der Waals surface area contributed by atoms with Gasteiger partial charge in [-0.3, -0.25) is 14.6 Å². The standard InChI is InChI=1S/C19H24N4O2/c1-5-23(6-2)19(25)15-11-14(12-20-13-15)18(24)21-16-7-9-17(10-8-16)22(3)4/h7-13H,5-6H2,1-4H3,(H,21,24). The van der Waals surface area contributed by atoms with Crippen LogP contribution >= 0.6 is 0 Å². The monoisotopic (exact) mass is 340 g/mol. The van der Waals surface area contributed by atoms with Gasteiger partial charge in [0.1, 0.15) is 0 Å². The second kappa shape index (κ2) is 8.28. The van der Waals surface area contributed by atoms with Gasteiger partial charge in [0.2, 0.25) is 0 Å². The highest BCUT2D eigenvalue weighted by Gasteiger charge is 2.15. The second-order valence-corrected chi connectivity index (χ2v) is 5.84. The number of rotatable bonds is 6. The summed E-state index contributed by atoms with van der Waals surface area (Å²) in [6, 6.07) is 9.11. The lowest BCUT2D eigenvalue weighted by Gasteiger charge is -2.18. The first-order chi connectivity index (χ1) is 12.0. The fraction of sp³-hybridized carbons (Fsp3) is 0.316. The van der Waals surface area contributed by atoms with Crippen LogP contribution < -0.4 is 10.2 Å². The number of nitrogens with one attached hydrogen (secondary N) is 1. The quantitative estimate of drug-likeness (QED) is 0.878. The molecular weight excluding hydrogens is 316 g/mol. The van der Waals surface area contributed by atoms with Crippen LogP contribution in [0.25, 0.3) is 0 Å². The van der Waals surface area contributed by atoms with Crippen LogP contribution in [0, 0.1) is 0 Å². The molecule has 1 N–H and O–H groups in total. The highest BCUT2D eigenvalue weighted by molar-refractivity contribution is 6.05. The first-order valence-electron chi connectivity index (χ1n) is 8.29. The number of anilines is 2. The molecular formula is C19H24N4O2. The van der Waals surface area contributed by atoms with E-state index in [2.05, 4.69) is 10.3 Å². The van der Waals surface area contributed by atoms with Gasteiger partial charge >= 0.3 is 0 Å². The summed E-state index contributed by atoms with van der Waals surface area (Å²) in [4.78, 5) is 32.5. The minimum Gasteiger partial charge on any atom is -0.378 e. The van der Waals surface area contributed by atoms with E-state index in [0.717, 1.165) is 5.69 Å². The number of carbonyl (C=O) groups excluding carboxylic acids is 2. The highest BCUT2D eigenvalue weighted by atomic mass is 16.2. The van der Waals surface area contributed by atoms with Crippen molar-refractivity contribution in [1.82, 2.24) is 9.88 Å². The molecule has 132 valence electrons. The van der Waals surface area contributed by atoms with Gasteiger partial charge < -0.3 is 15.1 Å². The molecule has 0 atom stereocenters. The van der Waals surface area contributed by atoms with Gasteiger partial charge in [0, 0.05) is 51.0 Å². The molecule has 0 spiro atoms. The van der Waals surface area contributed by atoms with E-state index in [1.165, 1.54) is 12.4 Å². The highest BCUT2D eigenvalue weighted by Crippen LogP contribution is 2.16. The Hall–Kier alpha value is -2.89. The largest absolute Gasteiger partial charge is 0.378 e. The summed E-state index contributed by atoms with van der Waals surface area (Å²) >= 11 is 0. The van der Waals surface area contributed by atoms with Gasteiger partial charge in [-0.25, -0.2) is 0 Å². The summed E-state index contributed by atoms with van der Waals surface area (Å²) in [5.41, 5.74) is 2.51. The molecule has 2 amide bonds. The number of carbonyl (C=O) groups is 2. The molecule has 0 radical (unpaired) electrons. The summed E-state index contributed by atoms with van der Waals surface area (Å²) in [5, 5.41) is 2.83. The molecule has 0 bridgehead atoms. The smallest absolute Gasteiger partial charge is 0.257 e. The maximum Gasteiger partial charge on any atom is 0.257 e. The van der Waals surface area contributed by atoms with Crippen LogP contribution in [0.3, 0.4) is 0 Å². The number of amides is 2. The first-order valence-corrected chi connectivity index (χ1v) is 8.29. The number of benzene rings is 1. The Labute approximate surface area is 148 Å². The molecule has 0 aliphatic carbocycles. The van der Waals surface area contributed by atoms with Gasteiger partial charge in [0.05, 0.1) is 11.1 Å². The Bertz CT molecular complexity index is 737. The third kappa shape index (κ3) is 4.56. The SMILES string of the molecule is CCN(CC)C(=O)c1cncc(C(=O)Nc2ccc(N(C)C)cc2)c1. The molecule has 25 heavy (non-hydrogen) atoms. The van der Waals surface area contributed by atoms with Crippen LogP contribution in [-0.4, -0.2) is 48.9 Å². The zero-order chi connectivity index (χ0) is 18.4. The van der Waals surface area contributed by atoms with Gasteiger partial charge in [-0.15, -0.1) is 0 Å². The lowest BCUT2D eigenvalue weighted by atomic mass is 10.1. The third-order valence-electron chi connectivity index (χ3n) is 3.94. The summed E-state index contributed by atoms with van der Waals surface area (Å²) in [6.07, 6.45) is 2.95. The average Bonchev–Trinajstić information content (AvgIpc) is 2.63. The van der Waals surface area contributed by atoms with Crippen LogP contribution in [0.15, 0.2) is 42.7 Å². The third-order valence-corrected chi connectivity index (χ3v) is 3.94. The van der Waals surface area contributed by atoms with E-state index in [1.807, 2.05) is 57.1 Å². The van der Waals surface area contributed by atoms with Crippen molar-refractivity contribution < 1.29 is 9.59 Å². The molecule has 2 rings (SSSR count). The van der Waals surface area contributed by atoms with Gasteiger partial charge in [0.25, 0.3) is 11.8 Å². The Balaban J connectivity index is 2.14. The zero-order valence-electron chi connectivity index (χ0n) is 15.1. The predicted octanol–water partition coefficient (Wildman–Crippen LogP) is 2.88. The van der Waals surface area contributed by atoms with Crippen LogP contribution in [0.4, 0.5) is 11.4 Å². The molecule has 0 aliphatic heterocycles. The van der Waals surface area contributed by atoms with E-state index in [0.29, 0.717) is 29.9 Å². The molecule has 0 aliphatic rings. The van der Waals surface area contributed by atoms with Gasteiger partial charge in [-0.05, 0) is 44.2 Å². The first kappa shape index (κ1) is 18.4. The molecule has 6 heteroatoms. The fourth-order valence-electron chi connectivity index (χ4n) is 2.42. The molecule has 0 unspecified atom stereocenters. The number of hydrogen-bond acceptors (Lipinski definition) is 4. The van der Waals surface area contributed by atoms with Crippen LogP contribution in [0.5, 0.6) is 0 Å². The Kier molecular flexibility index (Phi) is 6.11. The van der Waals surface area contributed by atoms with E-state index >= 15 is 0 Å². The van der Waals surface area contributed by atoms with E-state index in [1.54, 1.807) is 11.0 Å². The zero-order valence-corrected chi connectivity index (χ0v) is 15.1. The normalized spacial score (nSPS) is 10.2. The molecule has 1 aromatic carbocycles. The summed E-state index contributed by atoms with van der Waals surface area (Å²) < 4.78 is 0. The molecule has 1 heterocycles. The number of pyridine rings is 1. The second-order valence-electron chi connectivity index (χ2n) is 5.84. The minimum atomic E-state index is -0.292. The number of nitrogens with zero attached hydrogens (tertiary/aromatic N) is 3. The van der Waals surface area contributed by atoms with E-state index in [-0.39, 0.29) is 11.8 Å². The van der Waals surface area contributed by atoms with E-state index in [9.17, 15) is 9.59 Å². The molecule has 0 fully saturated rings. The molecule has 0 saturated carbocycles. The van der Waals surface area contributed by atoms with Crippen molar-refractivity contribution in [1.29, 1.82) is 0 Å². The molecule has 0 saturated heterocycles. The van der Waals surface area contributed by atoms with E-state index < -0.39 is 0 Å². The molecule has 1 aromatic heterocycles. The Morgan fingerprint density at radius 3 is 2.16 bits per heavy atom. The van der Waals surface area contributed by atoms with Gasteiger partial charge in [-0.1, -0.05) is 0 Å². The lowest BCUT2D eigenvalue weighted by Crippen LogP contribution is -2.30. The lowest BCUT2D eigenvalue weighted by molar-refractivity contribution is 0.0772. The predicted molar refractivity (Wildman–Crippen MR) is 100 cm³/mol. The van der Waals surface area contributed by atoms with Crippen molar-refractivity contribution in [3.63, 3.8) is 0 Å². The van der Waals surface area contributed by atoms with Crippen molar-refractivity contribution >= 4 is 23.2 Å². The Morgan fingerprint density at radius 1 is 1.00 bits per heavy atom. The van der Waals surface area contributed by atoms with Crippen molar-refractivity contribution in [3.05, 3.63) is 53.9 Å². The van der Waals surface area contributed by atoms with Crippen molar-refractivity contribution in [2.45, 2.75) is 13.8 Å². The van der Waals surface area contributed by atoms with Crippen LogP contribution in [-0.2, 0) is 0 Å². The fourth-order valence-corrected chi connectivity index (χ4v) is 2.42. The topological polar surface area (TPSA) is 65.5 Å². The van der Waals surface area contributed by atoms with Gasteiger partial charge in [0.15, 0.2) is 0 Å². The number of aromatic nitrogens is 1. The summed E-state index contributed by atoms with van der Waals surface area (Å²) in [7, 11) is 3.91. The van der Waals surface area contributed by atoms with Crippen molar-refractivity contribution in [3.8, 4) is 0 Å². The maximum atomic E-state index is 12.4. The van der Waals surface area contributed by atoms with Crippen LogP contribution in [0.2, 0.25) is 0 Å². The number of hydrogen-bond donors (Lipinski definition) is 1. The minimum absolute atomic E-state index is 0.123. The van der Waals surface area contributed by atoms with Crippen molar-refractivity contribution in [2.75, 3.05) is 37.4 Å². The van der Waals surface area contributed by atoms with Crippen LogP contribution in [0.1, 0.15) is 34.6 Å².